The van der Waals surface area contributed by atoms with Crippen LogP contribution in [0, 0.1) is 0 Å². The second-order valence-corrected chi connectivity index (χ2v) is 6.90. The molecule has 1 heterocycles. The van der Waals surface area contributed by atoms with E-state index in [4.69, 9.17) is 0 Å². The van der Waals surface area contributed by atoms with Gasteiger partial charge in [0.15, 0.2) is 4.75 Å². The van der Waals surface area contributed by atoms with Crippen LogP contribution in [-0.2, 0) is 14.4 Å². The third-order valence-electron chi connectivity index (χ3n) is 3.59. The topological polar surface area (TPSA) is 69.7 Å². The molecule has 6 nitrogen and oxygen atoms in total. The zero-order valence-corrected chi connectivity index (χ0v) is 13.9. The SMILES string of the molecule is CN(C)C(=O)CNC(=O)C1(C)Sc2ccccc2N(C)C1=O. The minimum absolute atomic E-state index is 0.124. The van der Waals surface area contributed by atoms with E-state index in [9.17, 15) is 14.4 Å². The maximum absolute atomic E-state index is 12.6. The Labute approximate surface area is 133 Å². The van der Waals surface area contributed by atoms with Crippen LogP contribution in [0.1, 0.15) is 6.92 Å². The first-order chi connectivity index (χ1) is 10.3. The Kier molecular flexibility index (Phi) is 4.46. The molecule has 22 heavy (non-hydrogen) atoms. The highest BCUT2D eigenvalue weighted by Crippen LogP contribution is 2.44. The Morgan fingerprint density at radius 3 is 2.59 bits per heavy atom. The summed E-state index contributed by atoms with van der Waals surface area (Å²) < 4.78 is -1.28. The number of rotatable bonds is 3. The fourth-order valence-corrected chi connectivity index (χ4v) is 3.42. The number of para-hydroxylation sites is 1. The van der Waals surface area contributed by atoms with Gasteiger partial charge in [0.1, 0.15) is 0 Å². The van der Waals surface area contributed by atoms with Crippen LogP contribution in [-0.4, -0.2) is 55.1 Å². The predicted molar refractivity (Wildman–Crippen MR) is 85.8 cm³/mol. The van der Waals surface area contributed by atoms with Crippen molar-refractivity contribution in [1.82, 2.24) is 10.2 Å². The van der Waals surface area contributed by atoms with Gasteiger partial charge in [0.2, 0.25) is 11.8 Å². The van der Waals surface area contributed by atoms with E-state index in [1.165, 1.54) is 21.6 Å². The lowest BCUT2D eigenvalue weighted by atomic mass is 10.1. The van der Waals surface area contributed by atoms with E-state index in [0.717, 1.165) is 10.6 Å². The third-order valence-corrected chi connectivity index (χ3v) is 4.92. The third kappa shape index (κ3) is 2.81. The quantitative estimate of drug-likeness (QED) is 0.833. The predicted octanol–water partition coefficient (Wildman–Crippen LogP) is 0.718. The van der Waals surface area contributed by atoms with Gasteiger partial charge in [-0.25, -0.2) is 0 Å². The molecule has 0 bridgehead atoms. The number of hydrogen-bond acceptors (Lipinski definition) is 4. The average Bonchev–Trinajstić information content (AvgIpc) is 2.49. The van der Waals surface area contributed by atoms with Gasteiger partial charge in [0.05, 0.1) is 12.2 Å². The molecule has 1 aromatic rings. The van der Waals surface area contributed by atoms with Crippen molar-refractivity contribution < 1.29 is 14.4 Å². The zero-order valence-electron chi connectivity index (χ0n) is 13.0. The molecule has 1 aliphatic rings. The molecule has 2 rings (SSSR count). The number of hydrogen-bond donors (Lipinski definition) is 1. The summed E-state index contributed by atoms with van der Waals surface area (Å²) >= 11 is 1.21. The number of nitrogens with zero attached hydrogens (tertiary/aromatic N) is 2. The second-order valence-electron chi connectivity index (χ2n) is 5.44. The minimum Gasteiger partial charge on any atom is -0.347 e. The van der Waals surface area contributed by atoms with Crippen LogP contribution in [0.25, 0.3) is 0 Å². The van der Waals surface area contributed by atoms with Gasteiger partial charge in [0, 0.05) is 26.0 Å². The number of carbonyl (C=O) groups is 3. The molecule has 0 aromatic heterocycles. The van der Waals surface area contributed by atoms with Gasteiger partial charge in [-0.3, -0.25) is 14.4 Å². The molecule has 1 aromatic carbocycles. The van der Waals surface area contributed by atoms with E-state index < -0.39 is 10.7 Å². The summed E-state index contributed by atoms with van der Waals surface area (Å²) in [5.74, 6) is -0.982. The monoisotopic (exact) mass is 321 g/mol. The number of thioether (sulfide) groups is 1. The van der Waals surface area contributed by atoms with Gasteiger partial charge in [-0.1, -0.05) is 23.9 Å². The van der Waals surface area contributed by atoms with E-state index in [1.54, 1.807) is 28.1 Å². The maximum Gasteiger partial charge on any atom is 0.252 e. The van der Waals surface area contributed by atoms with Gasteiger partial charge >= 0.3 is 0 Å². The number of fused-ring (bicyclic) bond motifs is 1. The van der Waals surface area contributed by atoms with Gasteiger partial charge in [0.25, 0.3) is 5.91 Å². The highest BCUT2D eigenvalue weighted by atomic mass is 32.2. The molecule has 1 aliphatic heterocycles. The van der Waals surface area contributed by atoms with Crippen molar-refractivity contribution in [2.75, 3.05) is 32.6 Å². The fraction of sp³-hybridized carbons (Fsp3) is 0.400. The molecule has 7 heteroatoms. The minimum atomic E-state index is -1.28. The summed E-state index contributed by atoms with van der Waals surface area (Å²) in [6.45, 7) is 1.46. The lowest BCUT2D eigenvalue weighted by molar-refractivity contribution is -0.134. The van der Waals surface area contributed by atoms with Crippen molar-refractivity contribution in [1.29, 1.82) is 0 Å². The average molecular weight is 321 g/mol. The first kappa shape index (κ1) is 16.4. The van der Waals surface area contributed by atoms with Crippen LogP contribution < -0.4 is 10.2 Å². The molecular weight excluding hydrogens is 302 g/mol. The highest BCUT2D eigenvalue weighted by Gasteiger charge is 2.48. The zero-order chi connectivity index (χ0) is 16.5. The van der Waals surface area contributed by atoms with Crippen molar-refractivity contribution >= 4 is 35.2 Å². The molecule has 0 radical (unpaired) electrons. The first-order valence-corrected chi connectivity index (χ1v) is 7.63. The van der Waals surface area contributed by atoms with Crippen molar-refractivity contribution in [3.05, 3.63) is 24.3 Å². The summed E-state index contributed by atoms with van der Waals surface area (Å²) in [5.41, 5.74) is 0.784. The van der Waals surface area contributed by atoms with Crippen molar-refractivity contribution in [3.63, 3.8) is 0 Å². The van der Waals surface area contributed by atoms with E-state index in [2.05, 4.69) is 5.32 Å². The molecular formula is C15H19N3O3S. The summed E-state index contributed by atoms with van der Waals surface area (Å²) in [6, 6.07) is 7.43. The van der Waals surface area contributed by atoms with Crippen LogP contribution in [0.2, 0.25) is 0 Å². The largest absolute Gasteiger partial charge is 0.347 e. The summed E-state index contributed by atoms with van der Waals surface area (Å²) in [7, 11) is 4.87. The summed E-state index contributed by atoms with van der Waals surface area (Å²) in [5, 5.41) is 2.56. The highest BCUT2D eigenvalue weighted by molar-refractivity contribution is 8.02. The fourth-order valence-electron chi connectivity index (χ4n) is 2.14. The van der Waals surface area contributed by atoms with E-state index in [-0.39, 0.29) is 18.4 Å². The maximum atomic E-state index is 12.6. The van der Waals surface area contributed by atoms with Crippen molar-refractivity contribution in [2.45, 2.75) is 16.6 Å². The Morgan fingerprint density at radius 1 is 1.32 bits per heavy atom. The summed E-state index contributed by atoms with van der Waals surface area (Å²) in [6.07, 6.45) is 0. The van der Waals surface area contributed by atoms with Crippen LogP contribution in [0.4, 0.5) is 5.69 Å². The number of nitrogens with one attached hydrogen (secondary N) is 1. The van der Waals surface area contributed by atoms with Crippen molar-refractivity contribution in [2.24, 2.45) is 0 Å². The van der Waals surface area contributed by atoms with Gasteiger partial charge in [-0.15, -0.1) is 0 Å². The normalized spacial score (nSPS) is 20.4. The molecule has 1 unspecified atom stereocenters. The molecule has 1 atom stereocenters. The van der Waals surface area contributed by atoms with E-state index in [0.29, 0.717) is 0 Å². The Hall–Kier alpha value is -2.02. The van der Waals surface area contributed by atoms with E-state index >= 15 is 0 Å². The summed E-state index contributed by atoms with van der Waals surface area (Å²) in [4.78, 5) is 40.4. The number of carbonyl (C=O) groups excluding carboxylic acids is 3. The van der Waals surface area contributed by atoms with E-state index in [1.807, 2.05) is 24.3 Å². The molecule has 3 amide bonds. The lowest BCUT2D eigenvalue weighted by Gasteiger charge is -2.36. The van der Waals surface area contributed by atoms with Crippen LogP contribution in [0.5, 0.6) is 0 Å². The molecule has 0 aliphatic carbocycles. The number of likely N-dealkylation sites (N-methyl/N-ethyl adjacent to an activating group) is 1. The number of benzene rings is 1. The van der Waals surface area contributed by atoms with Gasteiger partial charge in [-0.05, 0) is 19.1 Å². The Balaban J connectivity index is 2.21. The van der Waals surface area contributed by atoms with Crippen LogP contribution in [0.3, 0.4) is 0 Å². The first-order valence-electron chi connectivity index (χ1n) is 6.82. The van der Waals surface area contributed by atoms with Crippen LogP contribution in [0.15, 0.2) is 29.2 Å². The Bertz CT molecular complexity index is 632. The van der Waals surface area contributed by atoms with Crippen LogP contribution >= 0.6 is 11.8 Å². The lowest BCUT2D eigenvalue weighted by Crippen LogP contribution is -2.56. The van der Waals surface area contributed by atoms with Gasteiger partial charge < -0.3 is 15.1 Å². The molecule has 0 fully saturated rings. The molecule has 0 spiro atoms. The number of anilines is 1. The second kappa shape index (κ2) is 6.00. The molecule has 0 saturated carbocycles. The Morgan fingerprint density at radius 2 is 1.95 bits per heavy atom. The molecule has 0 saturated heterocycles. The van der Waals surface area contributed by atoms with Crippen molar-refractivity contribution in [3.8, 4) is 0 Å². The van der Waals surface area contributed by atoms with Gasteiger partial charge in [-0.2, -0.15) is 0 Å². The molecule has 1 N–H and O–H groups in total. The smallest absolute Gasteiger partial charge is 0.252 e. The standard InChI is InChI=1S/C15H19N3O3S/c1-15(13(20)16-9-12(19)17(2)3)14(21)18(4)10-7-5-6-8-11(10)22-15/h5-8H,9H2,1-4H3,(H,16,20). The number of amides is 3. The molecule has 118 valence electrons.